The van der Waals surface area contributed by atoms with Crippen LogP contribution in [0.2, 0.25) is 0 Å². The Kier molecular flexibility index (Phi) is 3.53. The maximum Gasteiger partial charge on any atom is 0.244 e. The molecular formula is C15H21N5O. The van der Waals surface area contributed by atoms with E-state index in [0.29, 0.717) is 6.54 Å². The number of nitrogens with zero attached hydrogens (tertiary/aromatic N) is 4. The molecule has 2 aromatic rings. The van der Waals surface area contributed by atoms with Gasteiger partial charge in [-0.25, -0.2) is 0 Å². The lowest BCUT2D eigenvalue weighted by Gasteiger charge is -2.40. The molecule has 1 saturated heterocycles. The lowest BCUT2D eigenvalue weighted by molar-refractivity contribution is -0.134. The van der Waals surface area contributed by atoms with Crippen LogP contribution in [-0.2, 0) is 16.8 Å². The van der Waals surface area contributed by atoms with E-state index in [1.54, 1.807) is 10.9 Å². The molecule has 0 bridgehead atoms. The molecule has 0 aliphatic carbocycles. The lowest BCUT2D eigenvalue weighted by atomic mass is 9.77. The van der Waals surface area contributed by atoms with Crippen LogP contribution in [0.15, 0.2) is 24.7 Å². The van der Waals surface area contributed by atoms with Crippen molar-refractivity contribution in [2.24, 2.45) is 0 Å². The Morgan fingerprint density at radius 2 is 2.38 bits per heavy atom. The van der Waals surface area contributed by atoms with Crippen LogP contribution in [0.4, 0.5) is 0 Å². The van der Waals surface area contributed by atoms with E-state index >= 15 is 0 Å². The number of hydrogen-bond acceptors (Lipinski definition) is 3. The molecule has 0 spiro atoms. The minimum absolute atomic E-state index is 0.0430. The van der Waals surface area contributed by atoms with Crippen LogP contribution in [0, 0.1) is 6.92 Å². The van der Waals surface area contributed by atoms with Gasteiger partial charge in [0.15, 0.2) is 0 Å². The molecule has 3 rings (SSSR count). The third-order valence-electron chi connectivity index (χ3n) is 4.34. The number of nitrogens with one attached hydrogen (secondary N) is 1. The molecule has 21 heavy (non-hydrogen) atoms. The van der Waals surface area contributed by atoms with Crippen molar-refractivity contribution in [3.63, 3.8) is 0 Å². The molecule has 1 atom stereocenters. The van der Waals surface area contributed by atoms with Gasteiger partial charge < -0.3 is 4.90 Å². The number of aryl methyl sites for hydroxylation is 1. The van der Waals surface area contributed by atoms with Crippen LogP contribution in [0.25, 0.3) is 0 Å². The second kappa shape index (κ2) is 5.35. The van der Waals surface area contributed by atoms with Gasteiger partial charge in [0.05, 0.1) is 6.20 Å². The summed E-state index contributed by atoms with van der Waals surface area (Å²) in [6.45, 7) is 6.14. The predicted octanol–water partition coefficient (Wildman–Crippen LogP) is 1.49. The van der Waals surface area contributed by atoms with E-state index in [-0.39, 0.29) is 11.3 Å². The van der Waals surface area contributed by atoms with Crippen LogP contribution in [0.5, 0.6) is 0 Å². The SMILES string of the molecule is Cc1cn[nH]c1[C@@]1(C)CCCN(C(=O)Cn2cccn2)C1. The van der Waals surface area contributed by atoms with Crippen LogP contribution < -0.4 is 0 Å². The standard InChI is InChI=1S/C15H21N5O/c1-12-9-16-18-14(12)15(2)5-3-7-19(11-15)13(21)10-20-8-4-6-17-20/h4,6,8-9H,3,5,7,10-11H2,1-2H3,(H,16,18)/t15-/m0/s1. The van der Waals surface area contributed by atoms with Crippen LogP contribution in [-0.4, -0.2) is 43.9 Å². The molecule has 0 radical (unpaired) electrons. The van der Waals surface area contributed by atoms with Gasteiger partial charge in [0, 0.05) is 36.6 Å². The van der Waals surface area contributed by atoms with Crippen LogP contribution in [0.3, 0.4) is 0 Å². The Hall–Kier alpha value is -2.11. The van der Waals surface area contributed by atoms with E-state index in [4.69, 9.17) is 0 Å². The molecule has 0 saturated carbocycles. The van der Waals surface area contributed by atoms with Gasteiger partial charge in [-0.15, -0.1) is 0 Å². The van der Waals surface area contributed by atoms with E-state index in [1.165, 1.54) is 5.56 Å². The molecular weight excluding hydrogens is 266 g/mol. The molecule has 6 heteroatoms. The fraction of sp³-hybridized carbons (Fsp3) is 0.533. The largest absolute Gasteiger partial charge is 0.340 e. The van der Waals surface area contributed by atoms with Gasteiger partial charge in [0.25, 0.3) is 0 Å². The molecule has 1 amide bonds. The van der Waals surface area contributed by atoms with Crippen molar-refractivity contribution >= 4 is 5.91 Å². The Bertz CT molecular complexity index is 618. The fourth-order valence-corrected chi connectivity index (χ4v) is 3.25. The Morgan fingerprint density at radius 1 is 1.52 bits per heavy atom. The van der Waals surface area contributed by atoms with Crippen LogP contribution in [0.1, 0.15) is 31.0 Å². The Morgan fingerprint density at radius 3 is 3.05 bits per heavy atom. The minimum atomic E-state index is -0.0430. The monoisotopic (exact) mass is 287 g/mol. The highest BCUT2D eigenvalue weighted by molar-refractivity contribution is 5.76. The van der Waals surface area contributed by atoms with Gasteiger partial charge in [-0.05, 0) is 31.4 Å². The number of H-pyrrole nitrogens is 1. The Labute approximate surface area is 124 Å². The van der Waals surface area contributed by atoms with E-state index in [2.05, 4.69) is 29.1 Å². The second-order valence-corrected chi connectivity index (χ2v) is 6.11. The first kappa shape index (κ1) is 13.9. The lowest BCUT2D eigenvalue weighted by Crippen LogP contribution is -2.48. The molecule has 2 aromatic heterocycles. The zero-order valence-electron chi connectivity index (χ0n) is 12.5. The van der Waals surface area contributed by atoms with E-state index in [0.717, 1.165) is 31.6 Å². The number of aromatic nitrogens is 4. The molecule has 112 valence electrons. The molecule has 1 N–H and O–H groups in total. The second-order valence-electron chi connectivity index (χ2n) is 6.11. The molecule has 1 aliphatic heterocycles. The van der Waals surface area contributed by atoms with Crippen molar-refractivity contribution < 1.29 is 4.79 Å². The van der Waals surface area contributed by atoms with Crippen molar-refractivity contribution in [3.8, 4) is 0 Å². The van der Waals surface area contributed by atoms with E-state index in [9.17, 15) is 4.79 Å². The van der Waals surface area contributed by atoms with Crippen molar-refractivity contribution in [1.82, 2.24) is 24.9 Å². The number of amides is 1. The molecule has 1 aliphatic rings. The average Bonchev–Trinajstić information content (AvgIpc) is 3.10. The summed E-state index contributed by atoms with van der Waals surface area (Å²) < 4.78 is 1.68. The van der Waals surface area contributed by atoms with Gasteiger partial charge >= 0.3 is 0 Å². The molecule has 0 unspecified atom stereocenters. The zero-order valence-corrected chi connectivity index (χ0v) is 12.5. The minimum Gasteiger partial charge on any atom is -0.340 e. The normalized spacial score (nSPS) is 22.5. The smallest absolute Gasteiger partial charge is 0.244 e. The first-order chi connectivity index (χ1) is 10.1. The van der Waals surface area contributed by atoms with Gasteiger partial charge in [0.2, 0.25) is 5.91 Å². The molecule has 1 fully saturated rings. The zero-order chi connectivity index (χ0) is 14.9. The Balaban J connectivity index is 1.73. The third-order valence-corrected chi connectivity index (χ3v) is 4.34. The van der Waals surface area contributed by atoms with Crippen molar-refractivity contribution in [3.05, 3.63) is 35.9 Å². The summed E-state index contributed by atoms with van der Waals surface area (Å²) in [4.78, 5) is 14.4. The van der Waals surface area contributed by atoms with Gasteiger partial charge in [-0.2, -0.15) is 10.2 Å². The topological polar surface area (TPSA) is 66.8 Å². The number of carbonyl (C=O) groups is 1. The van der Waals surface area contributed by atoms with Gasteiger partial charge in [-0.1, -0.05) is 6.92 Å². The summed E-state index contributed by atoms with van der Waals surface area (Å²) in [7, 11) is 0. The third kappa shape index (κ3) is 2.70. The highest BCUT2D eigenvalue weighted by Crippen LogP contribution is 2.34. The van der Waals surface area contributed by atoms with Gasteiger partial charge in [0.1, 0.15) is 6.54 Å². The predicted molar refractivity (Wildman–Crippen MR) is 78.7 cm³/mol. The summed E-state index contributed by atoms with van der Waals surface area (Å²) in [5, 5.41) is 11.3. The molecule has 3 heterocycles. The number of rotatable bonds is 3. The number of likely N-dealkylation sites (tertiary alicyclic amines) is 1. The maximum absolute atomic E-state index is 12.4. The first-order valence-corrected chi connectivity index (χ1v) is 7.34. The van der Waals surface area contributed by atoms with E-state index in [1.807, 2.05) is 23.4 Å². The van der Waals surface area contributed by atoms with Gasteiger partial charge in [-0.3, -0.25) is 14.6 Å². The number of hydrogen-bond donors (Lipinski definition) is 1. The van der Waals surface area contributed by atoms with Crippen molar-refractivity contribution in [1.29, 1.82) is 0 Å². The first-order valence-electron chi connectivity index (χ1n) is 7.34. The quantitative estimate of drug-likeness (QED) is 0.930. The number of carbonyl (C=O) groups excluding carboxylic acids is 1. The van der Waals surface area contributed by atoms with Crippen LogP contribution >= 0.6 is 0 Å². The summed E-state index contributed by atoms with van der Waals surface area (Å²) in [5.41, 5.74) is 2.27. The summed E-state index contributed by atoms with van der Waals surface area (Å²) >= 11 is 0. The molecule has 0 aromatic carbocycles. The number of aromatic amines is 1. The summed E-state index contributed by atoms with van der Waals surface area (Å²) in [6.07, 6.45) is 7.45. The molecule has 6 nitrogen and oxygen atoms in total. The summed E-state index contributed by atoms with van der Waals surface area (Å²) in [5.74, 6) is 0.127. The van der Waals surface area contributed by atoms with Crippen molar-refractivity contribution in [2.45, 2.75) is 38.6 Å². The van der Waals surface area contributed by atoms with E-state index < -0.39 is 0 Å². The highest BCUT2D eigenvalue weighted by Gasteiger charge is 2.36. The highest BCUT2D eigenvalue weighted by atomic mass is 16.2. The summed E-state index contributed by atoms with van der Waals surface area (Å²) in [6, 6.07) is 1.83. The van der Waals surface area contributed by atoms with Crippen molar-refractivity contribution in [2.75, 3.05) is 13.1 Å². The average molecular weight is 287 g/mol. The maximum atomic E-state index is 12.4. The fourth-order valence-electron chi connectivity index (χ4n) is 3.25. The number of piperidine rings is 1.